The van der Waals surface area contributed by atoms with Gasteiger partial charge in [0.25, 0.3) is 0 Å². The van der Waals surface area contributed by atoms with E-state index in [0.29, 0.717) is 11.8 Å². The Bertz CT molecular complexity index is 1120. The minimum absolute atomic E-state index is 0.284. The quantitative estimate of drug-likeness (QED) is 0.487. The van der Waals surface area contributed by atoms with Crippen LogP contribution in [0.2, 0.25) is 0 Å². The van der Waals surface area contributed by atoms with E-state index in [4.69, 9.17) is 0 Å². The topological polar surface area (TPSA) is 62.7 Å². The first-order valence-electron chi connectivity index (χ1n) is 8.37. The van der Waals surface area contributed by atoms with E-state index in [0.717, 1.165) is 28.7 Å². The molecule has 8 heteroatoms. The van der Waals surface area contributed by atoms with Crippen LogP contribution in [-0.2, 0) is 6.18 Å². The third-order valence-electron chi connectivity index (χ3n) is 4.00. The lowest BCUT2D eigenvalue weighted by Crippen LogP contribution is -2.05. The summed E-state index contributed by atoms with van der Waals surface area (Å²) >= 11 is 0. The van der Waals surface area contributed by atoms with Gasteiger partial charge in [0, 0.05) is 23.5 Å². The molecule has 0 saturated heterocycles. The molecule has 2 N–H and O–H groups in total. The monoisotopic (exact) mass is 381 g/mol. The first-order valence-corrected chi connectivity index (χ1v) is 8.37. The van der Waals surface area contributed by atoms with Crippen molar-refractivity contribution in [2.75, 3.05) is 10.6 Å². The standard InChI is InChI=1S/C20H14F3N5/c21-20(22,23)14-6-2-7-15(12-14)26-17-9-11-25-19(28-17)27-16-8-1-4-13-5-3-10-24-18(13)16/h1-12H,(H2,25,26,27,28). The molecule has 4 aromatic rings. The van der Waals surface area contributed by atoms with Crippen LogP contribution in [0.5, 0.6) is 0 Å². The van der Waals surface area contributed by atoms with Gasteiger partial charge in [-0.05, 0) is 36.4 Å². The summed E-state index contributed by atoms with van der Waals surface area (Å²) in [7, 11) is 0. The van der Waals surface area contributed by atoms with Gasteiger partial charge in [0.2, 0.25) is 5.95 Å². The zero-order chi connectivity index (χ0) is 19.6. The van der Waals surface area contributed by atoms with Crippen molar-refractivity contribution in [2.45, 2.75) is 6.18 Å². The summed E-state index contributed by atoms with van der Waals surface area (Å²) < 4.78 is 38.6. The highest BCUT2D eigenvalue weighted by Crippen LogP contribution is 2.31. The van der Waals surface area contributed by atoms with Crippen molar-refractivity contribution in [3.63, 3.8) is 0 Å². The first-order chi connectivity index (χ1) is 13.5. The van der Waals surface area contributed by atoms with Gasteiger partial charge in [-0.3, -0.25) is 4.98 Å². The molecule has 140 valence electrons. The molecule has 0 saturated carbocycles. The van der Waals surface area contributed by atoms with Gasteiger partial charge in [-0.25, -0.2) is 4.98 Å². The zero-order valence-corrected chi connectivity index (χ0v) is 14.4. The first kappa shape index (κ1) is 17.7. The van der Waals surface area contributed by atoms with Gasteiger partial charge in [-0.2, -0.15) is 18.2 Å². The third-order valence-corrected chi connectivity index (χ3v) is 4.00. The van der Waals surface area contributed by atoms with E-state index in [1.54, 1.807) is 18.3 Å². The van der Waals surface area contributed by atoms with Crippen LogP contribution in [0.1, 0.15) is 5.56 Å². The van der Waals surface area contributed by atoms with Crippen molar-refractivity contribution in [3.8, 4) is 0 Å². The van der Waals surface area contributed by atoms with Crippen LogP contribution in [0.3, 0.4) is 0 Å². The number of para-hydroxylation sites is 1. The Morgan fingerprint density at radius 1 is 0.786 bits per heavy atom. The number of rotatable bonds is 4. The second-order valence-corrected chi connectivity index (χ2v) is 5.97. The molecule has 2 aromatic carbocycles. The number of hydrogen-bond donors (Lipinski definition) is 2. The number of aromatic nitrogens is 3. The number of fused-ring (bicyclic) bond motifs is 1. The lowest BCUT2D eigenvalue weighted by molar-refractivity contribution is -0.137. The molecular weight excluding hydrogens is 367 g/mol. The van der Waals surface area contributed by atoms with E-state index in [-0.39, 0.29) is 5.69 Å². The SMILES string of the molecule is FC(F)(F)c1cccc(Nc2ccnc(Nc3cccc4cccnc34)n2)c1. The van der Waals surface area contributed by atoms with Crippen LogP contribution in [0.15, 0.2) is 73.1 Å². The molecule has 0 atom stereocenters. The molecule has 4 rings (SSSR count). The maximum absolute atomic E-state index is 12.9. The Morgan fingerprint density at radius 3 is 2.46 bits per heavy atom. The lowest BCUT2D eigenvalue weighted by atomic mass is 10.2. The number of alkyl halides is 3. The zero-order valence-electron chi connectivity index (χ0n) is 14.4. The molecule has 28 heavy (non-hydrogen) atoms. The predicted molar refractivity (Wildman–Crippen MR) is 102 cm³/mol. The highest BCUT2D eigenvalue weighted by Gasteiger charge is 2.30. The van der Waals surface area contributed by atoms with Gasteiger partial charge in [-0.15, -0.1) is 0 Å². The van der Waals surface area contributed by atoms with E-state index in [2.05, 4.69) is 25.6 Å². The molecule has 5 nitrogen and oxygen atoms in total. The van der Waals surface area contributed by atoms with Crippen molar-refractivity contribution < 1.29 is 13.2 Å². The summed E-state index contributed by atoms with van der Waals surface area (Å²) in [5, 5.41) is 6.94. The molecule has 0 bridgehead atoms. The number of halogens is 3. The third kappa shape index (κ3) is 3.85. The Balaban J connectivity index is 1.58. The molecular formula is C20H14F3N5. The molecule has 0 radical (unpaired) electrons. The number of nitrogens with one attached hydrogen (secondary N) is 2. The Hall–Kier alpha value is -3.68. The van der Waals surface area contributed by atoms with Gasteiger partial charge >= 0.3 is 6.18 Å². The summed E-state index contributed by atoms with van der Waals surface area (Å²) in [6.45, 7) is 0. The van der Waals surface area contributed by atoms with Crippen LogP contribution in [0.25, 0.3) is 10.9 Å². The largest absolute Gasteiger partial charge is 0.416 e. The van der Waals surface area contributed by atoms with Crippen LogP contribution < -0.4 is 10.6 Å². The number of nitrogens with zero attached hydrogens (tertiary/aromatic N) is 3. The molecule has 0 aliphatic rings. The molecule has 0 aliphatic carbocycles. The van der Waals surface area contributed by atoms with E-state index in [9.17, 15) is 13.2 Å². The molecule has 0 unspecified atom stereocenters. The van der Waals surface area contributed by atoms with E-state index in [1.807, 2.05) is 30.3 Å². The van der Waals surface area contributed by atoms with Crippen molar-refractivity contribution in [1.82, 2.24) is 15.0 Å². The molecule has 2 heterocycles. The van der Waals surface area contributed by atoms with E-state index >= 15 is 0 Å². The minimum atomic E-state index is -4.41. The Kier molecular flexibility index (Phi) is 4.52. The van der Waals surface area contributed by atoms with Gasteiger partial charge in [0.1, 0.15) is 5.82 Å². The second kappa shape index (κ2) is 7.15. The van der Waals surface area contributed by atoms with Crippen molar-refractivity contribution >= 4 is 34.0 Å². The van der Waals surface area contributed by atoms with Gasteiger partial charge in [0.15, 0.2) is 0 Å². The summed E-state index contributed by atoms with van der Waals surface area (Å²) in [5.74, 6) is 0.667. The average molecular weight is 381 g/mol. The summed E-state index contributed by atoms with van der Waals surface area (Å²) in [4.78, 5) is 12.8. The Labute approximate surface area is 158 Å². The second-order valence-electron chi connectivity index (χ2n) is 5.97. The minimum Gasteiger partial charge on any atom is -0.340 e. The van der Waals surface area contributed by atoms with E-state index < -0.39 is 11.7 Å². The summed E-state index contributed by atoms with van der Waals surface area (Å²) in [5.41, 5.74) is 1.05. The summed E-state index contributed by atoms with van der Waals surface area (Å²) in [6.07, 6.45) is -1.19. The smallest absolute Gasteiger partial charge is 0.340 e. The van der Waals surface area contributed by atoms with Gasteiger partial charge in [-0.1, -0.05) is 24.3 Å². The highest BCUT2D eigenvalue weighted by molar-refractivity contribution is 5.91. The van der Waals surface area contributed by atoms with Crippen molar-refractivity contribution in [2.24, 2.45) is 0 Å². The molecule has 0 aliphatic heterocycles. The fourth-order valence-corrected chi connectivity index (χ4v) is 2.74. The normalized spacial score (nSPS) is 11.4. The predicted octanol–water partition coefficient (Wildman–Crippen LogP) is 5.53. The highest BCUT2D eigenvalue weighted by atomic mass is 19.4. The number of anilines is 4. The maximum atomic E-state index is 12.9. The fourth-order valence-electron chi connectivity index (χ4n) is 2.74. The molecule has 0 amide bonds. The summed E-state index contributed by atoms with van der Waals surface area (Å²) in [6, 6.07) is 16.0. The van der Waals surface area contributed by atoms with Crippen LogP contribution in [0.4, 0.5) is 36.3 Å². The average Bonchev–Trinajstić information content (AvgIpc) is 2.68. The molecule has 0 spiro atoms. The van der Waals surface area contributed by atoms with Crippen LogP contribution >= 0.6 is 0 Å². The number of benzene rings is 2. The fraction of sp³-hybridized carbons (Fsp3) is 0.0500. The van der Waals surface area contributed by atoms with Gasteiger partial charge in [0.05, 0.1) is 16.8 Å². The van der Waals surface area contributed by atoms with E-state index in [1.165, 1.54) is 12.3 Å². The number of hydrogen-bond acceptors (Lipinski definition) is 5. The molecule has 2 aromatic heterocycles. The van der Waals surface area contributed by atoms with Crippen molar-refractivity contribution in [3.05, 3.63) is 78.6 Å². The Morgan fingerprint density at radius 2 is 1.61 bits per heavy atom. The maximum Gasteiger partial charge on any atom is 0.416 e. The number of pyridine rings is 1. The molecule has 0 fully saturated rings. The van der Waals surface area contributed by atoms with Gasteiger partial charge < -0.3 is 10.6 Å². The van der Waals surface area contributed by atoms with Crippen molar-refractivity contribution in [1.29, 1.82) is 0 Å². The van der Waals surface area contributed by atoms with Crippen LogP contribution in [0, 0.1) is 0 Å². The lowest BCUT2D eigenvalue weighted by Gasteiger charge is -2.11. The van der Waals surface area contributed by atoms with Crippen LogP contribution in [-0.4, -0.2) is 15.0 Å².